The lowest BCUT2D eigenvalue weighted by Crippen LogP contribution is -2.34. The molecular formula is C12H20N2S. The summed E-state index contributed by atoms with van der Waals surface area (Å²) in [6.07, 6.45) is 5.64. The summed E-state index contributed by atoms with van der Waals surface area (Å²) >= 11 is 1.68. The zero-order chi connectivity index (χ0) is 10.7. The molecule has 84 valence electrons. The summed E-state index contributed by atoms with van der Waals surface area (Å²) in [6.45, 7) is 4.53. The number of hydrogen-bond acceptors (Lipinski definition) is 3. The first-order chi connectivity index (χ1) is 7.27. The van der Waals surface area contributed by atoms with E-state index < -0.39 is 0 Å². The summed E-state index contributed by atoms with van der Waals surface area (Å²) in [6, 6.07) is 1.02. The molecular weight excluding hydrogens is 204 g/mol. The maximum atomic E-state index is 4.35. The number of nitrogens with zero attached hydrogens (tertiary/aromatic N) is 1. The average molecular weight is 224 g/mol. The third kappa shape index (κ3) is 2.79. The highest BCUT2D eigenvalue weighted by Crippen LogP contribution is 2.28. The molecule has 0 amide bonds. The minimum Gasteiger partial charge on any atom is -0.306 e. The van der Waals surface area contributed by atoms with E-state index in [1.54, 1.807) is 11.3 Å². The third-order valence-electron chi connectivity index (χ3n) is 3.51. The standard InChI is InChI=1S/C12H20N2S/c1-9(11-5-3-4-6-11)14-10(2)12-7-15-8-13-12/h7-11,14H,3-6H2,1-2H3. The molecule has 1 aliphatic carbocycles. The number of aromatic nitrogens is 1. The predicted octanol–water partition coefficient (Wildman–Crippen LogP) is 3.37. The molecule has 0 bridgehead atoms. The second-order valence-corrected chi connectivity index (χ2v) is 5.35. The van der Waals surface area contributed by atoms with Crippen LogP contribution in [0.4, 0.5) is 0 Å². The van der Waals surface area contributed by atoms with Crippen molar-refractivity contribution < 1.29 is 0 Å². The van der Waals surface area contributed by atoms with E-state index in [4.69, 9.17) is 0 Å². The zero-order valence-electron chi connectivity index (χ0n) is 9.57. The molecule has 1 N–H and O–H groups in total. The predicted molar refractivity (Wildman–Crippen MR) is 65.1 cm³/mol. The Morgan fingerprint density at radius 3 is 2.73 bits per heavy atom. The highest BCUT2D eigenvalue weighted by molar-refractivity contribution is 7.07. The smallest absolute Gasteiger partial charge is 0.0795 e. The molecule has 0 aromatic carbocycles. The van der Waals surface area contributed by atoms with E-state index in [9.17, 15) is 0 Å². The van der Waals surface area contributed by atoms with Gasteiger partial charge in [-0.25, -0.2) is 4.98 Å². The maximum absolute atomic E-state index is 4.35. The van der Waals surface area contributed by atoms with Crippen LogP contribution in [0.5, 0.6) is 0 Å². The Labute approximate surface area is 96.1 Å². The Hall–Kier alpha value is -0.410. The first kappa shape index (κ1) is 11.1. The van der Waals surface area contributed by atoms with E-state index in [-0.39, 0.29) is 0 Å². The number of hydrogen-bond donors (Lipinski definition) is 1. The first-order valence-electron chi connectivity index (χ1n) is 5.91. The summed E-state index contributed by atoms with van der Waals surface area (Å²) in [5.74, 6) is 0.881. The van der Waals surface area contributed by atoms with Crippen LogP contribution >= 0.6 is 11.3 Å². The van der Waals surface area contributed by atoms with Gasteiger partial charge in [-0.2, -0.15) is 0 Å². The van der Waals surface area contributed by atoms with Crippen LogP contribution < -0.4 is 5.32 Å². The van der Waals surface area contributed by atoms with Crippen molar-refractivity contribution in [2.75, 3.05) is 0 Å². The van der Waals surface area contributed by atoms with Gasteiger partial charge in [0.15, 0.2) is 0 Å². The van der Waals surface area contributed by atoms with Crippen molar-refractivity contribution >= 4 is 11.3 Å². The quantitative estimate of drug-likeness (QED) is 0.848. The van der Waals surface area contributed by atoms with E-state index >= 15 is 0 Å². The highest BCUT2D eigenvalue weighted by atomic mass is 32.1. The number of nitrogens with one attached hydrogen (secondary N) is 1. The van der Waals surface area contributed by atoms with Gasteiger partial charge in [-0.05, 0) is 32.6 Å². The fourth-order valence-electron chi connectivity index (χ4n) is 2.51. The lowest BCUT2D eigenvalue weighted by Gasteiger charge is -2.23. The molecule has 0 aliphatic heterocycles. The van der Waals surface area contributed by atoms with Gasteiger partial charge in [0, 0.05) is 17.5 Å². The molecule has 2 rings (SSSR count). The van der Waals surface area contributed by atoms with Crippen LogP contribution in [-0.4, -0.2) is 11.0 Å². The lowest BCUT2D eigenvalue weighted by atomic mass is 9.99. The van der Waals surface area contributed by atoms with Gasteiger partial charge in [0.25, 0.3) is 0 Å². The molecule has 0 spiro atoms. The molecule has 2 unspecified atom stereocenters. The highest BCUT2D eigenvalue weighted by Gasteiger charge is 2.22. The molecule has 1 aromatic heterocycles. The SMILES string of the molecule is CC(NC(C)C1CCCC1)c1cscn1. The Bertz CT molecular complexity index is 278. The van der Waals surface area contributed by atoms with E-state index in [0.29, 0.717) is 12.1 Å². The fraction of sp³-hybridized carbons (Fsp3) is 0.750. The molecule has 1 fully saturated rings. The van der Waals surface area contributed by atoms with Crippen LogP contribution in [0.3, 0.4) is 0 Å². The first-order valence-corrected chi connectivity index (χ1v) is 6.86. The van der Waals surface area contributed by atoms with Gasteiger partial charge >= 0.3 is 0 Å². The molecule has 3 heteroatoms. The van der Waals surface area contributed by atoms with Crippen molar-refractivity contribution in [3.63, 3.8) is 0 Å². The number of rotatable bonds is 4. The average Bonchev–Trinajstić information content (AvgIpc) is 2.91. The zero-order valence-corrected chi connectivity index (χ0v) is 10.4. The summed E-state index contributed by atoms with van der Waals surface area (Å²) in [7, 11) is 0. The van der Waals surface area contributed by atoms with Gasteiger partial charge in [0.2, 0.25) is 0 Å². The van der Waals surface area contributed by atoms with Crippen molar-refractivity contribution in [1.82, 2.24) is 10.3 Å². The normalized spacial score (nSPS) is 21.7. The molecule has 1 aromatic rings. The maximum Gasteiger partial charge on any atom is 0.0795 e. The lowest BCUT2D eigenvalue weighted by molar-refractivity contribution is 0.350. The van der Waals surface area contributed by atoms with Gasteiger partial charge in [-0.3, -0.25) is 0 Å². The monoisotopic (exact) mass is 224 g/mol. The molecule has 15 heavy (non-hydrogen) atoms. The third-order valence-corrected chi connectivity index (χ3v) is 4.12. The Morgan fingerprint density at radius 2 is 2.13 bits per heavy atom. The molecule has 0 radical (unpaired) electrons. The van der Waals surface area contributed by atoms with Crippen LogP contribution in [-0.2, 0) is 0 Å². The molecule has 1 aliphatic rings. The Balaban J connectivity index is 1.85. The van der Waals surface area contributed by atoms with Gasteiger partial charge in [0.1, 0.15) is 0 Å². The fourth-order valence-corrected chi connectivity index (χ4v) is 3.16. The van der Waals surface area contributed by atoms with E-state index in [1.807, 2.05) is 5.51 Å². The van der Waals surface area contributed by atoms with Crippen molar-refractivity contribution in [2.45, 2.75) is 51.6 Å². The van der Waals surface area contributed by atoms with Gasteiger partial charge < -0.3 is 5.32 Å². The largest absolute Gasteiger partial charge is 0.306 e. The summed E-state index contributed by atoms with van der Waals surface area (Å²) in [5.41, 5.74) is 3.10. The minimum atomic E-state index is 0.395. The molecule has 1 saturated carbocycles. The van der Waals surface area contributed by atoms with Gasteiger partial charge in [0.05, 0.1) is 11.2 Å². The van der Waals surface area contributed by atoms with Crippen molar-refractivity contribution in [1.29, 1.82) is 0 Å². The van der Waals surface area contributed by atoms with Crippen LogP contribution in [0.1, 0.15) is 51.3 Å². The molecule has 2 atom stereocenters. The summed E-state index contributed by atoms with van der Waals surface area (Å²) < 4.78 is 0. The second kappa shape index (κ2) is 5.08. The summed E-state index contributed by atoms with van der Waals surface area (Å²) in [4.78, 5) is 4.35. The second-order valence-electron chi connectivity index (χ2n) is 4.63. The van der Waals surface area contributed by atoms with Crippen LogP contribution in [0.25, 0.3) is 0 Å². The topological polar surface area (TPSA) is 24.9 Å². The number of thiazole rings is 1. The molecule has 2 nitrogen and oxygen atoms in total. The van der Waals surface area contributed by atoms with Crippen molar-refractivity contribution in [3.05, 3.63) is 16.6 Å². The van der Waals surface area contributed by atoms with Crippen LogP contribution in [0.2, 0.25) is 0 Å². The van der Waals surface area contributed by atoms with Crippen LogP contribution in [0.15, 0.2) is 10.9 Å². The van der Waals surface area contributed by atoms with Crippen molar-refractivity contribution in [3.8, 4) is 0 Å². The summed E-state index contributed by atoms with van der Waals surface area (Å²) in [5, 5.41) is 5.81. The van der Waals surface area contributed by atoms with Crippen molar-refractivity contribution in [2.24, 2.45) is 5.92 Å². The Kier molecular flexibility index (Phi) is 3.76. The van der Waals surface area contributed by atoms with Gasteiger partial charge in [-0.15, -0.1) is 11.3 Å². The van der Waals surface area contributed by atoms with Crippen LogP contribution in [0, 0.1) is 5.92 Å². The van der Waals surface area contributed by atoms with E-state index in [0.717, 1.165) is 5.92 Å². The molecule has 0 saturated heterocycles. The van der Waals surface area contributed by atoms with E-state index in [2.05, 4.69) is 29.5 Å². The van der Waals surface area contributed by atoms with Gasteiger partial charge in [-0.1, -0.05) is 12.8 Å². The Morgan fingerprint density at radius 1 is 1.40 bits per heavy atom. The minimum absolute atomic E-state index is 0.395. The molecule has 1 heterocycles. The van der Waals surface area contributed by atoms with E-state index in [1.165, 1.54) is 31.4 Å².